The van der Waals surface area contributed by atoms with Crippen LogP contribution in [0, 0.1) is 0 Å². The minimum Gasteiger partial charge on any atom is -0.378 e. The van der Waals surface area contributed by atoms with E-state index in [-0.39, 0.29) is 0 Å². The van der Waals surface area contributed by atoms with Gasteiger partial charge in [-0.3, -0.25) is 0 Å². The van der Waals surface area contributed by atoms with E-state index in [0.29, 0.717) is 6.61 Å². The Hall–Kier alpha value is -0.650. The highest BCUT2D eigenvalue weighted by atomic mass is 32.1. The molecule has 1 aromatic heterocycles. The Morgan fingerprint density at radius 3 is 2.85 bits per heavy atom. The molecule has 0 aliphatic heterocycles. The van der Waals surface area contributed by atoms with Crippen molar-refractivity contribution in [1.82, 2.24) is 10.3 Å². The lowest BCUT2D eigenvalue weighted by Gasteiger charge is -2.14. The molecule has 4 nitrogen and oxygen atoms in total. The van der Waals surface area contributed by atoms with Gasteiger partial charge in [-0.15, -0.1) is 11.3 Å². The van der Waals surface area contributed by atoms with Crippen LogP contribution in [0.25, 0.3) is 0 Å². The molecule has 1 N–H and O–H groups in total. The highest BCUT2D eigenvalue weighted by Crippen LogP contribution is 2.28. The van der Waals surface area contributed by atoms with Crippen LogP contribution in [0.2, 0.25) is 0 Å². The van der Waals surface area contributed by atoms with Gasteiger partial charge in [-0.05, 0) is 19.3 Å². The smallest absolute Gasteiger partial charge is 0.185 e. The summed E-state index contributed by atoms with van der Waals surface area (Å²) in [4.78, 5) is 8.36. The molecule has 0 atom stereocenters. The van der Waals surface area contributed by atoms with Crippen LogP contribution >= 0.6 is 11.3 Å². The van der Waals surface area contributed by atoms with Gasteiger partial charge < -0.3 is 15.0 Å². The maximum absolute atomic E-state index is 5.28. The third-order valence-electron chi connectivity index (χ3n) is 3.60. The number of nitrogens with one attached hydrogen (secondary N) is 1. The lowest BCUT2D eigenvalue weighted by atomic mass is 10.2. The molecule has 0 aromatic carbocycles. The second-order valence-corrected chi connectivity index (χ2v) is 6.65. The summed E-state index contributed by atoms with van der Waals surface area (Å²) in [6, 6.07) is 0.734. The predicted molar refractivity (Wildman–Crippen MR) is 85.5 cm³/mol. The van der Waals surface area contributed by atoms with Crippen molar-refractivity contribution in [3.63, 3.8) is 0 Å². The molecule has 0 unspecified atom stereocenters. The Morgan fingerprint density at radius 1 is 1.40 bits per heavy atom. The van der Waals surface area contributed by atoms with E-state index in [1.807, 2.05) is 11.3 Å². The number of thiazole rings is 1. The minimum atomic E-state index is 0.612. The summed E-state index contributed by atoms with van der Waals surface area (Å²) in [5.74, 6) is 0. The van der Waals surface area contributed by atoms with Gasteiger partial charge in [0, 0.05) is 38.2 Å². The Kier molecular flexibility index (Phi) is 6.26. The molecule has 0 spiro atoms. The molecule has 1 fully saturated rings. The largest absolute Gasteiger partial charge is 0.378 e. The molecule has 1 aliphatic carbocycles. The summed E-state index contributed by atoms with van der Waals surface area (Å²) >= 11 is 1.81. The maximum atomic E-state index is 5.28. The Labute approximate surface area is 126 Å². The van der Waals surface area contributed by atoms with Crippen LogP contribution < -0.4 is 10.2 Å². The number of anilines is 1. The van der Waals surface area contributed by atoms with Crippen molar-refractivity contribution in [2.75, 3.05) is 25.6 Å². The van der Waals surface area contributed by atoms with Crippen molar-refractivity contribution >= 4 is 16.5 Å². The maximum Gasteiger partial charge on any atom is 0.185 e. The second kappa shape index (κ2) is 7.96. The molecule has 20 heavy (non-hydrogen) atoms. The lowest BCUT2D eigenvalue weighted by molar-refractivity contribution is 0.181. The van der Waals surface area contributed by atoms with Crippen LogP contribution in [0.5, 0.6) is 0 Å². The van der Waals surface area contributed by atoms with Crippen LogP contribution in [0.1, 0.15) is 49.6 Å². The fraction of sp³-hybridized carbons (Fsp3) is 0.800. The molecule has 2 rings (SSSR count). The van der Waals surface area contributed by atoms with Gasteiger partial charge in [0.25, 0.3) is 0 Å². The SMILES string of the molecule is CCCCCN(C)c1nc(COC)c(CNC2CC2)s1. The Morgan fingerprint density at radius 2 is 2.20 bits per heavy atom. The zero-order valence-electron chi connectivity index (χ0n) is 12.9. The fourth-order valence-electron chi connectivity index (χ4n) is 2.14. The van der Waals surface area contributed by atoms with E-state index in [0.717, 1.165) is 30.0 Å². The number of hydrogen-bond acceptors (Lipinski definition) is 5. The van der Waals surface area contributed by atoms with E-state index < -0.39 is 0 Å². The summed E-state index contributed by atoms with van der Waals surface area (Å²) in [5, 5.41) is 4.70. The summed E-state index contributed by atoms with van der Waals surface area (Å²) in [7, 11) is 3.88. The molecule has 114 valence electrons. The van der Waals surface area contributed by atoms with Crippen molar-refractivity contribution in [2.24, 2.45) is 0 Å². The monoisotopic (exact) mass is 297 g/mol. The number of nitrogens with zero attached hydrogens (tertiary/aromatic N) is 2. The van der Waals surface area contributed by atoms with Gasteiger partial charge in [0.2, 0.25) is 0 Å². The number of unbranched alkanes of at least 4 members (excludes halogenated alkanes) is 2. The predicted octanol–water partition coefficient (Wildman–Crippen LogP) is 3.17. The standard InChI is InChI=1S/C15H27N3OS/c1-4-5-6-9-18(2)15-17-13(11-19-3)14(20-15)10-16-12-7-8-12/h12,16H,4-11H2,1-3H3. The molecule has 0 bridgehead atoms. The summed E-state index contributed by atoms with van der Waals surface area (Å²) in [5.41, 5.74) is 1.10. The molecule has 1 saturated carbocycles. The van der Waals surface area contributed by atoms with Gasteiger partial charge in [-0.1, -0.05) is 19.8 Å². The molecule has 0 saturated heterocycles. The van der Waals surface area contributed by atoms with Crippen molar-refractivity contribution in [3.05, 3.63) is 10.6 Å². The number of aromatic nitrogens is 1. The first-order chi connectivity index (χ1) is 9.74. The first-order valence-electron chi connectivity index (χ1n) is 7.66. The highest BCUT2D eigenvalue weighted by molar-refractivity contribution is 7.15. The van der Waals surface area contributed by atoms with Gasteiger partial charge in [0.05, 0.1) is 12.3 Å². The van der Waals surface area contributed by atoms with E-state index >= 15 is 0 Å². The fourth-order valence-corrected chi connectivity index (χ4v) is 3.14. The van der Waals surface area contributed by atoms with Crippen molar-refractivity contribution < 1.29 is 4.74 Å². The zero-order valence-corrected chi connectivity index (χ0v) is 13.8. The molecule has 0 radical (unpaired) electrons. The average molecular weight is 297 g/mol. The van der Waals surface area contributed by atoms with Crippen LogP contribution in [0.15, 0.2) is 0 Å². The van der Waals surface area contributed by atoms with Crippen LogP contribution in [-0.4, -0.2) is 31.7 Å². The summed E-state index contributed by atoms with van der Waals surface area (Å²) < 4.78 is 5.28. The number of rotatable bonds is 10. The normalized spacial score (nSPS) is 14.8. The minimum absolute atomic E-state index is 0.612. The van der Waals surface area contributed by atoms with E-state index in [1.54, 1.807) is 7.11 Å². The lowest BCUT2D eigenvalue weighted by Crippen LogP contribution is -2.18. The molecule has 1 aliphatic rings. The highest BCUT2D eigenvalue weighted by Gasteiger charge is 2.22. The summed E-state index contributed by atoms with van der Waals surface area (Å²) in [6.07, 6.45) is 6.43. The van der Waals surface area contributed by atoms with Gasteiger partial charge >= 0.3 is 0 Å². The van der Waals surface area contributed by atoms with Gasteiger partial charge in [0.1, 0.15) is 0 Å². The van der Waals surface area contributed by atoms with Crippen molar-refractivity contribution in [2.45, 2.75) is 58.2 Å². The van der Waals surface area contributed by atoms with Crippen LogP contribution in [0.3, 0.4) is 0 Å². The Balaban J connectivity index is 1.94. The first-order valence-corrected chi connectivity index (χ1v) is 8.48. The van der Waals surface area contributed by atoms with Crippen molar-refractivity contribution in [3.8, 4) is 0 Å². The molecule has 5 heteroatoms. The topological polar surface area (TPSA) is 37.4 Å². The third-order valence-corrected chi connectivity index (χ3v) is 4.81. The van der Waals surface area contributed by atoms with Gasteiger partial charge in [-0.2, -0.15) is 0 Å². The first kappa shape index (κ1) is 15.7. The second-order valence-electron chi connectivity index (χ2n) is 5.58. The average Bonchev–Trinajstić information content (AvgIpc) is 3.18. The van der Waals surface area contributed by atoms with Crippen molar-refractivity contribution in [1.29, 1.82) is 0 Å². The quantitative estimate of drug-likeness (QED) is 0.673. The summed E-state index contributed by atoms with van der Waals surface area (Å²) in [6.45, 7) is 4.87. The van der Waals surface area contributed by atoms with Crippen LogP contribution in [0.4, 0.5) is 5.13 Å². The van der Waals surface area contributed by atoms with E-state index in [4.69, 9.17) is 9.72 Å². The zero-order chi connectivity index (χ0) is 14.4. The molecule has 0 amide bonds. The van der Waals surface area contributed by atoms with E-state index in [2.05, 4.69) is 24.2 Å². The van der Waals surface area contributed by atoms with E-state index in [1.165, 1.54) is 37.0 Å². The Bertz CT molecular complexity index is 404. The van der Waals surface area contributed by atoms with E-state index in [9.17, 15) is 0 Å². The number of methoxy groups -OCH3 is 1. The molecular weight excluding hydrogens is 270 g/mol. The molecule has 1 aromatic rings. The number of hydrogen-bond donors (Lipinski definition) is 1. The van der Waals surface area contributed by atoms with Gasteiger partial charge in [0.15, 0.2) is 5.13 Å². The molecular formula is C15H27N3OS. The third kappa shape index (κ3) is 4.72. The van der Waals surface area contributed by atoms with Gasteiger partial charge in [-0.25, -0.2) is 4.98 Å². The number of ether oxygens (including phenoxy) is 1. The molecule has 1 heterocycles. The van der Waals surface area contributed by atoms with Crippen LogP contribution in [-0.2, 0) is 17.9 Å².